The van der Waals surface area contributed by atoms with Crippen molar-refractivity contribution in [1.82, 2.24) is 10.1 Å². The number of hydrogen-bond acceptors (Lipinski definition) is 5. The van der Waals surface area contributed by atoms with Crippen molar-refractivity contribution in [3.8, 4) is 0 Å². The van der Waals surface area contributed by atoms with Gasteiger partial charge in [-0.15, -0.1) is 0 Å². The van der Waals surface area contributed by atoms with Crippen molar-refractivity contribution in [2.24, 2.45) is 10.8 Å². The van der Waals surface area contributed by atoms with Crippen molar-refractivity contribution in [2.45, 2.75) is 0 Å². The van der Waals surface area contributed by atoms with E-state index in [0.29, 0.717) is 0 Å². The molecule has 10 heavy (non-hydrogen) atoms. The quantitative estimate of drug-likeness (QED) is 0.278. The fourth-order valence-electron chi connectivity index (χ4n) is 0.583. The molecule has 0 aromatic heterocycles. The minimum Gasteiger partial charge on any atom is -0.294 e. The number of aliphatic imine (C=N–C) groups is 1. The molecule has 1 rings (SSSR count). The molecule has 0 aromatic rings. The van der Waals surface area contributed by atoms with Gasteiger partial charge in [0.05, 0.1) is 12.3 Å². The van der Waals surface area contributed by atoms with Gasteiger partial charge in [-0.2, -0.15) is 0 Å². The molecule has 0 aromatic carbocycles. The van der Waals surface area contributed by atoms with E-state index >= 15 is 0 Å². The van der Waals surface area contributed by atoms with Crippen LogP contribution in [0, 0.1) is 0 Å². The van der Waals surface area contributed by atoms with Gasteiger partial charge in [0.25, 0.3) is 0 Å². The molecule has 0 aliphatic carbocycles. The van der Waals surface area contributed by atoms with E-state index < -0.39 is 10.0 Å². The maximum atomic E-state index is 10.7. The van der Waals surface area contributed by atoms with E-state index in [-0.39, 0.29) is 18.3 Å². The Morgan fingerprint density at radius 3 is 2.80 bits per heavy atom. The molecule has 58 valence electrons. The molecule has 0 amide bonds. The van der Waals surface area contributed by atoms with Gasteiger partial charge in [-0.1, -0.05) is 0 Å². The Kier molecular flexibility index (Phi) is 1.77. The highest BCUT2D eigenvalue weighted by Gasteiger charge is 2.15. The molecule has 6 nitrogen and oxygen atoms in total. The first-order valence-corrected chi connectivity index (χ1v) is 4.31. The number of nitrogens with one attached hydrogen (secondary N) is 2. The fourth-order valence-corrected chi connectivity index (χ4v) is 1.44. The van der Waals surface area contributed by atoms with E-state index in [1.807, 2.05) is 0 Å². The summed E-state index contributed by atoms with van der Waals surface area (Å²) in [4.78, 5) is 3.73. The van der Waals surface area contributed by atoms with Gasteiger partial charge in [0.15, 0.2) is 0 Å². The summed E-state index contributed by atoms with van der Waals surface area (Å²) in [5.74, 6) is 5.05. The Morgan fingerprint density at radius 2 is 2.40 bits per heavy atom. The number of hydrazine groups is 1. The molecule has 0 radical (unpaired) electrons. The summed E-state index contributed by atoms with van der Waals surface area (Å²) in [6, 6.07) is 0. The Morgan fingerprint density at radius 1 is 1.70 bits per heavy atom. The Bertz CT molecular complexity index is 243. The highest BCUT2D eigenvalue weighted by Crippen LogP contribution is 1.90. The summed E-state index contributed by atoms with van der Waals surface area (Å²) >= 11 is 0. The van der Waals surface area contributed by atoms with Gasteiger partial charge in [0.1, 0.15) is 0 Å². The first kappa shape index (κ1) is 7.29. The van der Waals surface area contributed by atoms with Crippen LogP contribution < -0.4 is 16.0 Å². The maximum Gasteiger partial charge on any atom is 0.236 e. The molecule has 4 N–H and O–H groups in total. The maximum absolute atomic E-state index is 10.7. The van der Waals surface area contributed by atoms with E-state index in [0.717, 1.165) is 0 Å². The number of nitrogens with two attached hydrogens (primary N) is 1. The summed E-state index contributed by atoms with van der Waals surface area (Å²) in [5, 5.41) is 0. The highest BCUT2D eigenvalue weighted by molar-refractivity contribution is 7.90. The molecule has 1 heterocycles. The predicted molar refractivity (Wildman–Crippen MR) is 36.5 cm³/mol. The fraction of sp³-hybridized carbons (Fsp3) is 0.667. The van der Waals surface area contributed by atoms with Crippen LogP contribution in [0.1, 0.15) is 0 Å². The third-order valence-electron chi connectivity index (χ3n) is 1.02. The molecule has 7 heteroatoms. The van der Waals surface area contributed by atoms with Crippen molar-refractivity contribution in [3.05, 3.63) is 0 Å². The van der Waals surface area contributed by atoms with Crippen LogP contribution in [0.3, 0.4) is 0 Å². The standard InChI is InChI=1S/C3H8N4O2S/c4-6-3-5-1-2-10(8,9)7-3/h1-2,4H2,(H2,5,6,7). The van der Waals surface area contributed by atoms with Crippen LogP contribution in [-0.4, -0.2) is 26.7 Å². The lowest BCUT2D eigenvalue weighted by atomic mass is 10.8. The van der Waals surface area contributed by atoms with Crippen molar-refractivity contribution >= 4 is 16.0 Å². The second-order valence-electron chi connectivity index (χ2n) is 1.80. The molecule has 0 fully saturated rings. The number of hydrogen-bond donors (Lipinski definition) is 3. The van der Waals surface area contributed by atoms with Crippen LogP contribution in [-0.2, 0) is 10.0 Å². The Balaban J connectivity index is 2.76. The largest absolute Gasteiger partial charge is 0.294 e. The first-order valence-electron chi connectivity index (χ1n) is 2.65. The molecular weight excluding hydrogens is 156 g/mol. The van der Waals surface area contributed by atoms with Gasteiger partial charge < -0.3 is 0 Å². The summed E-state index contributed by atoms with van der Waals surface area (Å²) in [5.41, 5.74) is 2.12. The van der Waals surface area contributed by atoms with Gasteiger partial charge in [-0.05, 0) is 0 Å². The van der Waals surface area contributed by atoms with Crippen molar-refractivity contribution in [3.63, 3.8) is 0 Å². The summed E-state index contributed by atoms with van der Waals surface area (Å²) in [6.07, 6.45) is 0. The van der Waals surface area contributed by atoms with Gasteiger partial charge in [0.2, 0.25) is 16.0 Å². The van der Waals surface area contributed by atoms with Crippen LogP contribution in [0.25, 0.3) is 0 Å². The molecule has 1 aliphatic rings. The molecule has 0 saturated carbocycles. The molecule has 1 aliphatic heterocycles. The van der Waals surface area contributed by atoms with Crippen molar-refractivity contribution < 1.29 is 8.42 Å². The molecular formula is C3H8N4O2S. The van der Waals surface area contributed by atoms with Gasteiger partial charge >= 0.3 is 0 Å². The van der Waals surface area contributed by atoms with E-state index in [4.69, 9.17) is 5.84 Å². The number of guanidine groups is 1. The predicted octanol–water partition coefficient (Wildman–Crippen LogP) is -2.26. The number of sulfonamides is 1. The van der Waals surface area contributed by atoms with Crippen LogP contribution in [0.4, 0.5) is 0 Å². The summed E-state index contributed by atoms with van der Waals surface area (Å²) < 4.78 is 23.6. The van der Waals surface area contributed by atoms with Gasteiger partial charge in [-0.25, -0.2) is 14.3 Å². The Labute approximate surface area is 58.5 Å². The van der Waals surface area contributed by atoms with E-state index in [2.05, 4.69) is 15.1 Å². The minimum atomic E-state index is -3.17. The van der Waals surface area contributed by atoms with Gasteiger partial charge in [0, 0.05) is 0 Å². The molecule has 0 saturated heterocycles. The minimum absolute atomic E-state index is 0.0260. The highest BCUT2D eigenvalue weighted by atomic mass is 32.2. The second kappa shape index (κ2) is 2.43. The van der Waals surface area contributed by atoms with Gasteiger partial charge in [-0.3, -0.25) is 15.1 Å². The first-order chi connectivity index (χ1) is 4.64. The topological polar surface area (TPSA) is 96.6 Å². The normalized spacial score (nSPS) is 22.7. The van der Waals surface area contributed by atoms with Crippen LogP contribution in [0.15, 0.2) is 4.99 Å². The van der Waals surface area contributed by atoms with Crippen LogP contribution in [0.2, 0.25) is 0 Å². The summed E-state index contributed by atoms with van der Waals surface area (Å²) in [7, 11) is -3.17. The lowest BCUT2D eigenvalue weighted by molar-refractivity contribution is 0.588. The Hall–Kier alpha value is -0.820. The van der Waals surface area contributed by atoms with E-state index in [1.165, 1.54) is 0 Å². The zero-order valence-corrected chi connectivity index (χ0v) is 5.98. The second-order valence-corrected chi connectivity index (χ2v) is 3.64. The third kappa shape index (κ3) is 1.58. The van der Waals surface area contributed by atoms with Crippen LogP contribution in [0.5, 0.6) is 0 Å². The third-order valence-corrected chi connectivity index (χ3v) is 2.24. The SMILES string of the molecule is NNC1=NCCS(=O)(=O)N1. The number of rotatable bonds is 0. The molecule has 0 spiro atoms. The average molecular weight is 164 g/mol. The lowest BCUT2D eigenvalue weighted by Crippen LogP contribution is -2.48. The molecule has 0 unspecified atom stereocenters. The molecule has 0 bridgehead atoms. The van der Waals surface area contributed by atoms with Crippen molar-refractivity contribution in [2.75, 3.05) is 12.3 Å². The average Bonchev–Trinajstić information content (AvgIpc) is 1.86. The smallest absolute Gasteiger partial charge is 0.236 e. The number of nitrogens with zero attached hydrogens (tertiary/aromatic N) is 1. The summed E-state index contributed by atoms with van der Waals surface area (Å²) in [6.45, 7) is 0.259. The van der Waals surface area contributed by atoms with Crippen molar-refractivity contribution in [1.29, 1.82) is 0 Å². The van der Waals surface area contributed by atoms with E-state index in [9.17, 15) is 8.42 Å². The van der Waals surface area contributed by atoms with E-state index in [1.54, 1.807) is 0 Å². The zero-order valence-electron chi connectivity index (χ0n) is 5.16. The lowest BCUT2D eigenvalue weighted by Gasteiger charge is -2.13. The monoisotopic (exact) mass is 164 g/mol. The zero-order chi connectivity index (χ0) is 7.61. The molecule has 0 atom stereocenters. The van der Waals surface area contributed by atoms with Crippen LogP contribution >= 0.6 is 0 Å².